The van der Waals surface area contributed by atoms with E-state index < -0.39 is 0 Å². The average Bonchev–Trinajstić information content (AvgIpc) is 2.84. The van der Waals surface area contributed by atoms with Crippen LogP contribution in [0.5, 0.6) is 0 Å². The van der Waals surface area contributed by atoms with Crippen molar-refractivity contribution < 1.29 is 4.79 Å². The maximum absolute atomic E-state index is 12.2. The van der Waals surface area contributed by atoms with E-state index in [1.165, 1.54) is 11.3 Å². The van der Waals surface area contributed by atoms with E-state index in [9.17, 15) is 4.79 Å². The second-order valence-electron chi connectivity index (χ2n) is 5.61. The predicted octanol–water partition coefficient (Wildman–Crippen LogP) is 2.17. The summed E-state index contributed by atoms with van der Waals surface area (Å²) in [5.41, 5.74) is 5.76. The minimum Gasteiger partial charge on any atom is -0.382 e. The van der Waals surface area contributed by atoms with Crippen LogP contribution in [-0.2, 0) is 0 Å². The highest BCUT2D eigenvalue weighted by Gasteiger charge is 2.25. The molecule has 0 atom stereocenters. The maximum atomic E-state index is 12.2. The van der Waals surface area contributed by atoms with Gasteiger partial charge in [-0.05, 0) is 33.6 Å². The number of likely N-dealkylation sites (tertiary alicyclic amines) is 1. The second-order valence-corrected chi connectivity index (χ2v) is 6.61. The molecule has 2 heterocycles. The summed E-state index contributed by atoms with van der Waals surface area (Å²) in [5, 5.41) is 3.96. The third-order valence-electron chi connectivity index (χ3n) is 2.72. The van der Waals surface area contributed by atoms with Crippen LogP contribution in [0.3, 0.4) is 0 Å². The summed E-state index contributed by atoms with van der Waals surface area (Å²) >= 11 is 1.34. The lowest BCUT2D eigenvalue weighted by molar-refractivity contribution is 0.0798. The summed E-state index contributed by atoms with van der Waals surface area (Å²) in [7, 11) is 0. The SMILES string of the molecule is CC(C)(C)Nc1nc(N)c(C(=O)N2CCCC2)s1. The van der Waals surface area contributed by atoms with Crippen LogP contribution in [0.1, 0.15) is 43.3 Å². The molecule has 0 aromatic carbocycles. The molecule has 0 saturated carbocycles. The molecule has 1 aromatic heterocycles. The van der Waals surface area contributed by atoms with E-state index in [0.29, 0.717) is 15.8 Å². The van der Waals surface area contributed by atoms with Crippen molar-refractivity contribution in [1.82, 2.24) is 9.88 Å². The normalized spacial score (nSPS) is 16.1. The van der Waals surface area contributed by atoms with Crippen LogP contribution in [0.15, 0.2) is 0 Å². The molecule has 100 valence electrons. The van der Waals surface area contributed by atoms with Crippen molar-refractivity contribution in [3.8, 4) is 0 Å². The van der Waals surface area contributed by atoms with Crippen LogP contribution in [0.2, 0.25) is 0 Å². The summed E-state index contributed by atoms with van der Waals surface area (Å²) < 4.78 is 0. The molecule has 1 amide bonds. The van der Waals surface area contributed by atoms with Crippen molar-refractivity contribution in [2.75, 3.05) is 24.1 Å². The van der Waals surface area contributed by atoms with Gasteiger partial charge in [0.05, 0.1) is 0 Å². The zero-order valence-corrected chi connectivity index (χ0v) is 11.9. The number of hydrogen-bond acceptors (Lipinski definition) is 5. The number of amides is 1. The van der Waals surface area contributed by atoms with Crippen LogP contribution in [0.4, 0.5) is 10.9 Å². The van der Waals surface area contributed by atoms with Gasteiger partial charge in [-0.1, -0.05) is 11.3 Å². The Hall–Kier alpha value is -1.30. The maximum Gasteiger partial charge on any atom is 0.267 e. The van der Waals surface area contributed by atoms with Crippen molar-refractivity contribution in [3.05, 3.63) is 4.88 Å². The van der Waals surface area contributed by atoms with E-state index in [1.54, 1.807) is 0 Å². The van der Waals surface area contributed by atoms with Crippen molar-refractivity contribution in [3.63, 3.8) is 0 Å². The number of rotatable bonds is 2. The van der Waals surface area contributed by atoms with Gasteiger partial charge in [-0.15, -0.1) is 0 Å². The summed E-state index contributed by atoms with van der Waals surface area (Å²) in [6.07, 6.45) is 2.16. The highest BCUT2D eigenvalue weighted by atomic mass is 32.1. The van der Waals surface area contributed by atoms with Crippen LogP contribution in [0.25, 0.3) is 0 Å². The standard InChI is InChI=1S/C12H20N4OS/c1-12(2,3)15-11-14-9(13)8(18-11)10(17)16-6-4-5-7-16/h4-7,13H2,1-3H3,(H,14,15). The molecule has 1 aliphatic heterocycles. The number of carbonyl (C=O) groups excluding carboxylic acids is 1. The van der Waals surface area contributed by atoms with E-state index in [-0.39, 0.29) is 11.4 Å². The van der Waals surface area contributed by atoms with Gasteiger partial charge in [-0.2, -0.15) is 0 Å². The van der Waals surface area contributed by atoms with E-state index in [1.807, 2.05) is 25.7 Å². The highest BCUT2D eigenvalue weighted by molar-refractivity contribution is 7.18. The van der Waals surface area contributed by atoms with Gasteiger partial charge < -0.3 is 16.0 Å². The first-order chi connectivity index (χ1) is 8.37. The van der Waals surface area contributed by atoms with Gasteiger partial charge in [0.2, 0.25) is 0 Å². The summed E-state index contributed by atoms with van der Waals surface area (Å²) in [6.45, 7) is 7.81. The van der Waals surface area contributed by atoms with Crippen molar-refractivity contribution in [1.29, 1.82) is 0 Å². The molecule has 1 saturated heterocycles. The summed E-state index contributed by atoms with van der Waals surface area (Å²) in [4.78, 5) is 18.9. The zero-order valence-electron chi connectivity index (χ0n) is 11.1. The van der Waals surface area contributed by atoms with Crippen LogP contribution < -0.4 is 11.1 Å². The number of anilines is 2. The van der Waals surface area contributed by atoms with Gasteiger partial charge in [0, 0.05) is 18.6 Å². The minimum absolute atomic E-state index is 0.0180. The Morgan fingerprint density at radius 3 is 2.56 bits per heavy atom. The highest BCUT2D eigenvalue weighted by Crippen LogP contribution is 2.29. The third-order valence-corrected chi connectivity index (χ3v) is 3.70. The van der Waals surface area contributed by atoms with Crippen molar-refractivity contribution in [2.45, 2.75) is 39.2 Å². The molecule has 2 rings (SSSR count). The fraction of sp³-hybridized carbons (Fsp3) is 0.667. The lowest BCUT2D eigenvalue weighted by Gasteiger charge is -2.19. The molecular formula is C12H20N4OS. The molecule has 0 radical (unpaired) electrons. The lowest BCUT2D eigenvalue weighted by atomic mass is 10.1. The largest absolute Gasteiger partial charge is 0.382 e. The zero-order chi connectivity index (χ0) is 13.3. The number of nitrogens with two attached hydrogens (primary N) is 1. The van der Waals surface area contributed by atoms with Gasteiger partial charge in [-0.3, -0.25) is 4.79 Å². The van der Waals surface area contributed by atoms with Gasteiger partial charge in [0.25, 0.3) is 5.91 Å². The fourth-order valence-corrected chi connectivity index (χ4v) is 2.98. The van der Waals surface area contributed by atoms with Crippen molar-refractivity contribution in [2.24, 2.45) is 0 Å². The predicted molar refractivity (Wildman–Crippen MR) is 75.0 cm³/mol. The Morgan fingerprint density at radius 1 is 1.39 bits per heavy atom. The van der Waals surface area contributed by atoms with E-state index >= 15 is 0 Å². The van der Waals surface area contributed by atoms with Gasteiger partial charge in [-0.25, -0.2) is 4.98 Å². The Morgan fingerprint density at radius 2 is 2.00 bits per heavy atom. The Bertz CT molecular complexity index is 443. The topological polar surface area (TPSA) is 71.2 Å². The number of carbonyl (C=O) groups is 1. The number of nitrogen functional groups attached to an aromatic ring is 1. The second kappa shape index (κ2) is 4.76. The molecule has 1 aromatic rings. The lowest BCUT2D eigenvalue weighted by Crippen LogP contribution is -2.27. The minimum atomic E-state index is -0.0851. The van der Waals surface area contributed by atoms with Crippen LogP contribution in [0, 0.1) is 0 Å². The number of aromatic nitrogens is 1. The molecule has 1 fully saturated rings. The van der Waals surface area contributed by atoms with Crippen LogP contribution >= 0.6 is 11.3 Å². The quantitative estimate of drug-likeness (QED) is 0.862. The Balaban J connectivity index is 2.16. The Kier molecular flexibility index (Phi) is 3.47. The van der Waals surface area contributed by atoms with Crippen molar-refractivity contribution >= 4 is 28.2 Å². The van der Waals surface area contributed by atoms with Gasteiger partial charge >= 0.3 is 0 Å². The van der Waals surface area contributed by atoms with Crippen LogP contribution in [-0.4, -0.2) is 34.4 Å². The van der Waals surface area contributed by atoms with Gasteiger partial charge in [0.15, 0.2) is 5.13 Å². The number of thiazole rings is 1. The third kappa shape index (κ3) is 2.93. The summed E-state index contributed by atoms with van der Waals surface area (Å²) in [6, 6.07) is 0. The average molecular weight is 268 g/mol. The number of hydrogen-bond donors (Lipinski definition) is 2. The molecule has 0 spiro atoms. The number of nitrogens with one attached hydrogen (secondary N) is 1. The Labute approximate surface area is 111 Å². The van der Waals surface area contributed by atoms with E-state index in [2.05, 4.69) is 10.3 Å². The first-order valence-electron chi connectivity index (χ1n) is 6.20. The molecule has 0 aliphatic carbocycles. The smallest absolute Gasteiger partial charge is 0.267 e. The molecule has 5 nitrogen and oxygen atoms in total. The molecule has 18 heavy (non-hydrogen) atoms. The monoisotopic (exact) mass is 268 g/mol. The van der Waals surface area contributed by atoms with Gasteiger partial charge in [0.1, 0.15) is 10.7 Å². The molecular weight excluding hydrogens is 248 g/mol. The molecule has 3 N–H and O–H groups in total. The molecule has 0 unspecified atom stereocenters. The first kappa shape index (κ1) is 13.1. The molecule has 6 heteroatoms. The molecule has 1 aliphatic rings. The fourth-order valence-electron chi connectivity index (χ4n) is 1.92. The van der Waals surface area contributed by atoms with E-state index in [4.69, 9.17) is 5.73 Å². The van der Waals surface area contributed by atoms with E-state index in [0.717, 1.165) is 25.9 Å². The number of nitrogens with zero attached hydrogens (tertiary/aromatic N) is 2. The first-order valence-corrected chi connectivity index (χ1v) is 7.02. The summed E-state index contributed by atoms with van der Waals surface area (Å²) in [5.74, 6) is 0.355. The molecule has 0 bridgehead atoms.